The number of halogens is 1. The van der Waals surface area contributed by atoms with Crippen LogP contribution in [0.5, 0.6) is 0 Å². The van der Waals surface area contributed by atoms with Gasteiger partial charge in [0, 0.05) is 37.6 Å². The quantitative estimate of drug-likeness (QED) is 0.722. The highest BCUT2D eigenvalue weighted by molar-refractivity contribution is 9.10. The molecule has 3 aromatic rings. The van der Waals surface area contributed by atoms with Gasteiger partial charge < -0.3 is 4.90 Å². The number of rotatable bonds is 3. The maximum atomic E-state index is 4.68. The van der Waals surface area contributed by atoms with Gasteiger partial charge in [-0.2, -0.15) is 10.2 Å². The topological polar surface area (TPSA) is 51.2 Å². The van der Waals surface area contributed by atoms with Crippen LogP contribution in [0.3, 0.4) is 0 Å². The van der Waals surface area contributed by atoms with Crippen molar-refractivity contribution in [1.29, 1.82) is 0 Å². The lowest BCUT2D eigenvalue weighted by atomic mass is 10.1. The van der Waals surface area contributed by atoms with Crippen molar-refractivity contribution < 1.29 is 0 Å². The molecule has 112 valence electrons. The molecule has 1 saturated carbocycles. The van der Waals surface area contributed by atoms with Crippen LogP contribution in [0.1, 0.15) is 30.5 Å². The zero-order valence-corrected chi connectivity index (χ0v) is 13.5. The van der Waals surface area contributed by atoms with E-state index in [1.54, 1.807) is 0 Å². The van der Waals surface area contributed by atoms with Gasteiger partial charge in [0.05, 0.1) is 22.4 Å². The Morgan fingerprint density at radius 2 is 2.09 bits per heavy atom. The molecule has 1 saturated heterocycles. The van der Waals surface area contributed by atoms with Gasteiger partial charge >= 0.3 is 0 Å². The summed E-state index contributed by atoms with van der Waals surface area (Å²) in [7, 11) is 0. The van der Waals surface area contributed by atoms with E-state index in [4.69, 9.17) is 0 Å². The second-order valence-electron chi connectivity index (χ2n) is 6.12. The van der Waals surface area contributed by atoms with Crippen LogP contribution in [-0.2, 0) is 0 Å². The van der Waals surface area contributed by atoms with E-state index in [0.29, 0.717) is 12.0 Å². The van der Waals surface area contributed by atoms with E-state index in [9.17, 15) is 0 Å². The number of hydrogen-bond donors (Lipinski definition) is 0. The summed E-state index contributed by atoms with van der Waals surface area (Å²) in [6, 6.07) is 2.62. The van der Waals surface area contributed by atoms with Crippen LogP contribution in [0.4, 0.5) is 5.82 Å². The minimum Gasteiger partial charge on any atom is -0.350 e. The molecule has 6 nitrogen and oxygen atoms in total. The van der Waals surface area contributed by atoms with E-state index in [-0.39, 0.29) is 0 Å². The highest BCUT2D eigenvalue weighted by Crippen LogP contribution is 2.40. The Hall–Kier alpha value is -1.89. The molecule has 7 heteroatoms. The Morgan fingerprint density at radius 3 is 2.82 bits per heavy atom. The highest BCUT2D eigenvalue weighted by Gasteiger charge is 2.32. The third kappa shape index (κ3) is 1.95. The van der Waals surface area contributed by atoms with Crippen LogP contribution in [-0.4, -0.2) is 37.5 Å². The summed E-state index contributed by atoms with van der Waals surface area (Å²) in [5.41, 5.74) is 2.33. The van der Waals surface area contributed by atoms with E-state index in [1.165, 1.54) is 18.5 Å². The fraction of sp³-hybridized carbons (Fsp3) is 0.400. The molecule has 1 aliphatic heterocycles. The van der Waals surface area contributed by atoms with Gasteiger partial charge in [0.2, 0.25) is 0 Å². The van der Waals surface area contributed by atoms with Crippen molar-refractivity contribution in [1.82, 2.24) is 24.4 Å². The Bertz CT molecular complexity index is 843. The predicted molar refractivity (Wildman–Crippen MR) is 86.1 cm³/mol. The van der Waals surface area contributed by atoms with Crippen LogP contribution in [0, 0.1) is 0 Å². The molecular formula is C15H15BrN6. The lowest BCUT2D eigenvalue weighted by molar-refractivity contribution is 0.366. The average molecular weight is 359 g/mol. The first kappa shape index (κ1) is 12.6. The number of nitrogens with zero attached hydrogens (tertiary/aromatic N) is 6. The van der Waals surface area contributed by atoms with Crippen molar-refractivity contribution in [2.24, 2.45) is 0 Å². The molecule has 2 aliphatic rings. The molecule has 0 N–H and O–H groups in total. The summed E-state index contributed by atoms with van der Waals surface area (Å²) < 4.78 is 5.01. The Labute approximate surface area is 135 Å². The van der Waals surface area contributed by atoms with Gasteiger partial charge in [-0.05, 0) is 34.8 Å². The molecule has 3 aromatic heterocycles. The molecule has 0 bridgehead atoms. The largest absolute Gasteiger partial charge is 0.350 e. The lowest BCUT2D eigenvalue weighted by Crippen LogP contribution is -2.48. The summed E-state index contributed by atoms with van der Waals surface area (Å²) in [4.78, 5) is 6.88. The molecule has 22 heavy (non-hydrogen) atoms. The zero-order chi connectivity index (χ0) is 14.7. The number of fused-ring (bicyclic) bond motifs is 1. The third-order valence-corrected chi connectivity index (χ3v) is 4.90. The summed E-state index contributed by atoms with van der Waals surface area (Å²) in [5, 5.41) is 9.05. The van der Waals surface area contributed by atoms with E-state index < -0.39 is 0 Å². The maximum Gasteiger partial charge on any atom is 0.154 e. The first-order valence-corrected chi connectivity index (χ1v) is 8.36. The highest BCUT2D eigenvalue weighted by atomic mass is 79.9. The standard InChI is InChI=1S/C15H15BrN6/c16-11-6-18-22(7-11)12-8-20(9-12)15-14-5-13(10-1-2-10)19-21(14)4-3-17-15/h3-7,10,12H,1-2,8-9H2. The number of hydrogen-bond acceptors (Lipinski definition) is 4. The van der Waals surface area contributed by atoms with Crippen molar-refractivity contribution in [2.75, 3.05) is 18.0 Å². The van der Waals surface area contributed by atoms with Crippen LogP contribution in [0.15, 0.2) is 35.3 Å². The smallest absolute Gasteiger partial charge is 0.154 e. The maximum absolute atomic E-state index is 4.68. The molecule has 0 radical (unpaired) electrons. The van der Waals surface area contributed by atoms with Crippen molar-refractivity contribution in [3.8, 4) is 0 Å². The van der Waals surface area contributed by atoms with Gasteiger partial charge in [0.15, 0.2) is 5.82 Å². The SMILES string of the molecule is Brc1cnn(C2CN(c3nccn4nc(C5CC5)cc34)C2)c1. The number of aromatic nitrogens is 5. The van der Waals surface area contributed by atoms with Gasteiger partial charge in [0.25, 0.3) is 0 Å². The van der Waals surface area contributed by atoms with Crippen LogP contribution in [0.25, 0.3) is 5.52 Å². The molecule has 0 amide bonds. The van der Waals surface area contributed by atoms with Gasteiger partial charge in [-0.25, -0.2) is 9.50 Å². The predicted octanol–water partition coefficient (Wildman–Crippen LogP) is 2.63. The molecule has 4 heterocycles. The first-order valence-electron chi connectivity index (χ1n) is 7.57. The summed E-state index contributed by atoms with van der Waals surface area (Å²) in [5.74, 6) is 1.70. The van der Waals surface area contributed by atoms with E-state index in [2.05, 4.69) is 42.1 Å². The second-order valence-corrected chi connectivity index (χ2v) is 7.04. The molecule has 5 rings (SSSR count). The minimum atomic E-state index is 0.416. The molecular weight excluding hydrogens is 344 g/mol. The first-order chi connectivity index (χ1) is 10.8. The average Bonchev–Trinajstić information content (AvgIpc) is 3.08. The monoisotopic (exact) mass is 358 g/mol. The van der Waals surface area contributed by atoms with Gasteiger partial charge in [-0.15, -0.1) is 0 Å². The van der Waals surface area contributed by atoms with Crippen molar-refractivity contribution in [3.05, 3.63) is 41.0 Å². The third-order valence-electron chi connectivity index (χ3n) is 4.49. The van der Waals surface area contributed by atoms with Crippen molar-refractivity contribution >= 4 is 27.3 Å². The van der Waals surface area contributed by atoms with Gasteiger partial charge in [0.1, 0.15) is 5.52 Å². The van der Waals surface area contributed by atoms with Crippen LogP contribution in [0.2, 0.25) is 0 Å². The van der Waals surface area contributed by atoms with Crippen molar-refractivity contribution in [2.45, 2.75) is 24.8 Å². The fourth-order valence-electron chi connectivity index (χ4n) is 3.06. The normalized spacial score (nSPS) is 18.9. The molecule has 2 fully saturated rings. The van der Waals surface area contributed by atoms with Crippen LogP contribution < -0.4 is 4.90 Å². The number of anilines is 1. The summed E-state index contributed by atoms with van der Waals surface area (Å²) in [6.45, 7) is 1.87. The van der Waals surface area contributed by atoms with E-state index in [0.717, 1.165) is 28.9 Å². The summed E-state index contributed by atoms with van der Waals surface area (Å²) in [6.07, 6.45) is 10.2. The molecule has 0 atom stereocenters. The second kappa shape index (κ2) is 4.55. The molecule has 0 unspecified atom stereocenters. The van der Waals surface area contributed by atoms with Crippen molar-refractivity contribution in [3.63, 3.8) is 0 Å². The van der Waals surface area contributed by atoms with E-state index >= 15 is 0 Å². The Balaban J connectivity index is 1.43. The van der Waals surface area contributed by atoms with E-state index in [1.807, 2.05) is 34.0 Å². The Kier molecular flexibility index (Phi) is 2.61. The lowest BCUT2D eigenvalue weighted by Gasteiger charge is -2.40. The Morgan fingerprint density at radius 1 is 1.23 bits per heavy atom. The molecule has 0 aromatic carbocycles. The molecule has 1 aliphatic carbocycles. The van der Waals surface area contributed by atoms with Crippen LogP contribution >= 0.6 is 15.9 Å². The minimum absolute atomic E-state index is 0.416. The summed E-state index contributed by atoms with van der Waals surface area (Å²) >= 11 is 3.45. The van der Waals surface area contributed by atoms with Gasteiger partial charge in [-0.1, -0.05) is 0 Å². The van der Waals surface area contributed by atoms with Gasteiger partial charge in [-0.3, -0.25) is 4.68 Å². The zero-order valence-electron chi connectivity index (χ0n) is 11.9. The fourth-order valence-corrected chi connectivity index (χ4v) is 3.36. The molecule has 0 spiro atoms.